The average Bonchev–Trinajstić information content (AvgIpc) is 3.13. The van der Waals surface area contributed by atoms with Gasteiger partial charge in [-0.05, 0) is 59.5 Å². The molecule has 1 aliphatic heterocycles. The molecule has 0 unspecified atom stereocenters. The van der Waals surface area contributed by atoms with Crippen LogP contribution >= 0.6 is 0 Å². The van der Waals surface area contributed by atoms with Crippen LogP contribution in [0.15, 0.2) is 116 Å². The van der Waals surface area contributed by atoms with Crippen molar-refractivity contribution < 1.29 is 29.2 Å². The molecular formula is C40H46N2O6. The number of rotatable bonds is 13. The number of nitrogens with one attached hydrogen (secondary N) is 1. The van der Waals surface area contributed by atoms with Crippen molar-refractivity contribution in [3.8, 4) is 11.1 Å². The second-order valence-corrected chi connectivity index (χ2v) is 12.4. The van der Waals surface area contributed by atoms with Crippen molar-refractivity contribution in [1.82, 2.24) is 10.2 Å². The van der Waals surface area contributed by atoms with Gasteiger partial charge in [0, 0.05) is 30.6 Å². The Morgan fingerprint density at radius 2 is 1.65 bits per heavy atom. The highest BCUT2D eigenvalue weighted by molar-refractivity contribution is 5.68. The van der Waals surface area contributed by atoms with Gasteiger partial charge in [0.15, 0.2) is 6.29 Å². The van der Waals surface area contributed by atoms with E-state index in [2.05, 4.69) is 29.8 Å². The second-order valence-electron chi connectivity index (χ2n) is 12.4. The number of hydrogen-bond donors (Lipinski definition) is 3. The second kappa shape index (κ2) is 16.7. The Morgan fingerprint density at radius 1 is 0.938 bits per heavy atom. The lowest BCUT2D eigenvalue weighted by Gasteiger charge is -2.43. The summed E-state index contributed by atoms with van der Waals surface area (Å²) in [5.41, 5.74) is 6.55. The molecule has 4 aromatic rings. The van der Waals surface area contributed by atoms with Crippen molar-refractivity contribution in [3.05, 3.63) is 144 Å². The van der Waals surface area contributed by atoms with E-state index in [0.29, 0.717) is 13.1 Å². The number of aliphatic hydroxyl groups is 2. The molecule has 48 heavy (non-hydrogen) atoms. The Labute approximate surface area is 283 Å². The Balaban J connectivity index is 1.38. The zero-order valence-corrected chi connectivity index (χ0v) is 27.9. The average molecular weight is 651 g/mol. The number of amides is 1. The molecule has 1 amide bonds. The van der Waals surface area contributed by atoms with Crippen LogP contribution in [0.5, 0.6) is 0 Å². The lowest BCUT2D eigenvalue weighted by atomic mass is 9.89. The van der Waals surface area contributed by atoms with Crippen molar-refractivity contribution in [1.29, 1.82) is 0 Å². The SMILES string of the molecule is C=CCOC(=O)NCc1cccc(-c2cccc([C@H]3O[C@@H](CN(C)[C@@H](C)[C@H](O)c4ccccc4)[C@@H](C)[C@@H](c4ccc(CO)cc4)O3)c2)c1. The summed E-state index contributed by atoms with van der Waals surface area (Å²) < 4.78 is 18.5. The fourth-order valence-electron chi connectivity index (χ4n) is 6.03. The number of aliphatic hydroxyl groups excluding tert-OH is 2. The van der Waals surface area contributed by atoms with Gasteiger partial charge in [-0.25, -0.2) is 4.79 Å². The summed E-state index contributed by atoms with van der Waals surface area (Å²) in [6, 6.07) is 33.6. The molecule has 0 aliphatic carbocycles. The topological polar surface area (TPSA) is 100 Å². The van der Waals surface area contributed by atoms with Crippen LogP contribution in [0.3, 0.4) is 0 Å². The predicted molar refractivity (Wildman–Crippen MR) is 187 cm³/mol. The van der Waals surface area contributed by atoms with Gasteiger partial charge in [-0.3, -0.25) is 4.90 Å². The zero-order chi connectivity index (χ0) is 34.0. The Hall–Kier alpha value is -4.31. The number of alkyl carbamates (subject to hydrolysis) is 1. The molecule has 8 nitrogen and oxygen atoms in total. The third-order valence-electron chi connectivity index (χ3n) is 9.07. The van der Waals surface area contributed by atoms with E-state index in [1.807, 2.05) is 111 Å². The number of carbonyl (C=O) groups is 1. The van der Waals surface area contributed by atoms with E-state index in [0.717, 1.165) is 38.9 Å². The van der Waals surface area contributed by atoms with Gasteiger partial charge >= 0.3 is 6.09 Å². The van der Waals surface area contributed by atoms with Crippen molar-refractivity contribution >= 4 is 6.09 Å². The van der Waals surface area contributed by atoms with Crippen molar-refractivity contribution in [2.24, 2.45) is 5.92 Å². The predicted octanol–water partition coefficient (Wildman–Crippen LogP) is 7.10. The molecule has 252 valence electrons. The monoisotopic (exact) mass is 650 g/mol. The third-order valence-corrected chi connectivity index (χ3v) is 9.07. The first kappa shape index (κ1) is 35.0. The minimum atomic E-state index is -0.649. The largest absolute Gasteiger partial charge is 0.445 e. The van der Waals surface area contributed by atoms with E-state index in [-0.39, 0.29) is 37.4 Å². The fraction of sp³-hybridized carbons (Fsp3) is 0.325. The van der Waals surface area contributed by atoms with E-state index in [9.17, 15) is 15.0 Å². The standard InChI is InChI=1S/C40H46N2O6/c1-5-21-46-40(45)41-24-30-11-9-14-33(22-30)34-15-10-16-35(23-34)39-47-36(25-42(4)28(3)37(44)31-12-7-6-8-13-31)27(2)38(48-39)32-19-17-29(26-43)18-20-32/h5-20,22-23,27-28,36-39,43-44H,1,21,24-26H2,2-4H3,(H,41,45)/t27-,28+,36+,37+,38+,39+/m1/s1. The summed E-state index contributed by atoms with van der Waals surface area (Å²) >= 11 is 0. The van der Waals surface area contributed by atoms with E-state index < -0.39 is 18.5 Å². The van der Waals surface area contributed by atoms with Crippen molar-refractivity contribution in [3.63, 3.8) is 0 Å². The third kappa shape index (κ3) is 8.78. The highest BCUT2D eigenvalue weighted by atomic mass is 16.7. The number of benzene rings is 4. The number of carbonyl (C=O) groups excluding carboxylic acids is 1. The summed E-state index contributed by atoms with van der Waals surface area (Å²) in [7, 11) is 2.02. The molecule has 0 aromatic heterocycles. The van der Waals surface area contributed by atoms with Gasteiger partial charge in [0.2, 0.25) is 0 Å². The van der Waals surface area contributed by atoms with Gasteiger partial charge in [-0.2, -0.15) is 0 Å². The smallest absolute Gasteiger partial charge is 0.407 e. The van der Waals surface area contributed by atoms with Crippen LogP contribution in [0.2, 0.25) is 0 Å². The number of ether oxygens (including phenoxy) is 3. The Bertz CT molecular complexity index is 1630. The molecule has 1 saturated heterocycles. The summed E-state index contributed by atoms with van der Waals surface area (Å²) in [6.45, 7) is 8.78. The number of likely N-dealkylation sites (N-methyl/N-ethyl adjacent to an activating group) is 1. The van der Waals surface area contributed by atoms with Gasteiger partial charge in [-0.15, -0.1) is 0 Å². The van der Waals surface area contributed by atoms with E-state index in [4.69, 9.17) is 14.2 Å². The first-order valence-corrected chi connectivity index (χ1v) is 16.4. The lowest BCUT2D eigenvalue weighted by Crippen LogP contribution is -2.46. The van der Waals surface area contributed by atoms with Crippen LogP contribution in [-0.4, -0.2) is 53.6 Å². The maximum atomic E-state index is 11.9. The zero-order valence-electron chi connectivity index (χ0n) is 27.9. The van der Waals surface area contributed by atoms with E-state index in [1.54, 1.807) is 0 Å². The first-order valence-electron chi connectivity index (χ1n) is 16.4. The Morgan fingerprint density at radius 3 is 2.35 bits per heavy atom. The molecule has 4 aromatic carbocycles. The van der Waals surface area contributed by atoms with Gasteiger partial charge in [0.25, 0.3) is 0 Å². The van der Waals surface area contributed by atoms with Crippen LogP contribution in [0.4, 0.5) is 4.79 Å². The Kier molecular flexibility index (Phi) is 12.2. The molecule has 1 aliphatic rings. The maximum absolute atomic E-state index is 11.9. The first-order chi connectivity index (χ1) is 23.3. The van der Waals surface area contributed by atoms with Crippen molar-refractivity contribution in [2.75, 3.05) is 20.2 Å². The van der Waals surface area contributed by atoms with Gasteiger partial charge in [0.05, 0.1) is 24.9 Å². The van der Waals surface area contributed by atoms with Crippen LogP contribution in [-0.2, 0) is 27.4 Å². The molecular weight excluding hydrogens is 604 g/mol. The summed E-state index contributed by atoms with van der Waals surface area (Å²) in [6.07, 6.45) is -0.720. The van der Waals surface area contributed by atoms with Crippen LogP contribution in [0, 0.1) is 5.92 Å². The van der Waals surface area contributed by atoms with Crippen molar-refractivity contribution in [2.45, 2.75) is 57.6 Å². The van der Waals surface area contributed by atoms with Crippen LogP contribution in [0.1, 0.15) is 60.2 Å². The highest BCUT2D eigenvalue weighted by Gasteiger charge is 2.39. The summed E-state index contributed by atoms with van der Waals surface area (Å²) in [5, 5.41) is 23.5. The fourth-order valence-corrected chi connectivity index (χ4v) is 6.03. The molecule has 0 saturated carbocycles. The van der Waals surface area contributed by atoms with Gasteiger partial charge < -0.3 is 29.7 Å². The molecule has 1 fully saturated rings. The molecule has 5 rings (SSSR count). The van der Waals surface area contributed by atoms with Gasteiger partial charge in [0.1, 0.15) is 6.61 Å². The maximum Gasteiger partial charge on any atom is 0.407 e. The molecule has 8 heteroatoms. The molecule has 6 atom stereocenters. The molecule has 0 spiro atoms. The van der Waals surface area contributed by atoms with Crippen LogP contribution in [0.25, 0.3) is 11.1 Å². The van der Waals surface area contributed by atoms with E-state index in [1.165, 1.54) is 6.08 Å². The number of nitrogens with zero attached hydrogens (tertiary/aromatic N) is 1. The molecule has 3 N–H and O–H groups in total. The van der Waals surface area contributed by atoms with Crippen LogP contribution < -0.4 is 5.32 Å². The summed E-state index contributed by atoms with van der Waals surface area (Å²) in [4.78, 5) is 14.1. The minimum absolute atomic E-state index is 0.00437. The lowest BCUT2D eigenvalue weighted by molar-refractivity contribution is -0.276. The minimum Gasteiger partial charge on any atom is -0.445 e. The highest BCUT2D eigenvalue weighted by Crippen LogP contribution is 2.42. The molecule has 0 radical (unpaired) electrons. The number of hydrogen-bond acceptors (Lipinski definition) is 7. The normalized spacial score (nSPS) is 20.5. The quantitative estimate of drug-likeness (QED) is 0.133. The summed E-state index contributed by atoms with van der Waals surface area (Å²) in [5.74, 6) is -0.00437. The van der Waals surface area contributed by atoms with E-state index >= 15 is 0 Å². The molecule has 1 heterocycles. The van der Waals surface area contributed by atoms with Gasteiger partial charge in [-0.1, -0.05) is 111 Å². The molecule has 0 bridgehead atoms.